The third-order valence-electron chi connectivity index (χ3n) is 5.17. The van der Waals surface area contributed by atoms with Crippen molar-refractivity contribution in [2.24, 2.45) is 5.92 Å². The van der Waals surface area contributed by atoms with Gasteiger partial charge in [0, 0.05) is 13.1 Å². The third kappa shape index (κ3) is 4.91. The Kier molecular flexibility index (Phi) is 6.82. The minimum Gasteiger partial charge on any atom is -0.495 e. The highest BCUT2D eigenvalue weighted by Gasteiger charge is 2.34. The highest BCUT2D eigenvalue weighted by atomic mass is 35.5. The number of amides is 1. The maximum absolute atomic E-state index is 13.0. The van der Waals surface area contributed by atoms with Crippen molar-refractivity contribution < 1.29 is 17.9 Å². The Morgan fingerprint density at radius 2 is 1.97 bits per heavy atom. The van der Waals surface area contributed by atoms with Gasteiger partial charge in [-0.2, -0.15) is 4.31 Å². The lowest BCUT2D eigenvalue weighted by Gasteiger charge is -2.32. The molecule has 8 heteroatoms. The van der Waals surface area contributed by atoms with Crippen molar-refractivity contribution in [3.8, 4) is 5.75 Å². The molecule has 1 amide bonds. The third-order valence-corrected chi connectivity index (χ3v) is 7.33. The summed E-state index contributed by atoms with van der Waals surface area (Å²) in [7, 11) is -2.27. The van der Waals surface area contributed by atoms with Crippen LogP contribution >= 0.6 is 11.6 Å². The number of carbonyl (C=O) groups excluding carboxylic acids is 1. The quantitative estimate of drug-likeness (QED) is 0.750. The molecule has 156 valence electrons. The van der Waals surface area contributed by atoms with Crippen LogP contribution in [0.4, 0.5) is 0 Å². The summed E-state index contributed by atoms with van der Waals surface area (Å²) in [5.74, 6) is -0.108. The number of ether oxygens (including phenoxy) is 1. The van der Waals surface area contributed by atoms with E-state index >= 15 is 0 Å². The first-order chi connectivity index (χ1) is 13.8. The van der Waals surface area contributed by atoms with Crippen LogP contribution in [0.1, 0.15) is 31.4 Å². The summed E-state index contributed by atoms with van der Waals surface area (Å²) >= 11 is 6.10. The van der Waals surface area contributed by atoms with Gasteiger partial charge in [0.25, 0.3) is 0 Å². The van der Waals surface area contributed by atoms with Crippen LogP contribution in [0.25, 0.3) is 0 Å². The molecular weight excluding hydrogens is 412 g/mol. The van der Waals surface area contributed by atoms with Gasteiger partial charge in [-0.3, -0.25) is 4.79 Å². The summed E-state index contributed by atoms with van der Waals surface area (Å²) in [6.45, 7) is 2.45. The number of rotatable bonds is 6. The van der Waals surface area contributed by atoms with Gasteiger partial charge < -0.3 is 10.1 Å². The molecule has 0 aliphatic carbocycles. The zero-order valence-electron chi connectivity index (χ0n) is 16.5. The second-order valence-corrected chi connectivity index (χ2v) is 9.48. The Bertz CT molecular complexity index is 966. The standard InChI is InChI=1S/C21H25ClN2O4S/c1-15(16-7-4-3-5-8-16)23-21(25)17-9-6-12-24(14-17)29(26,27)18-10-11-20(28-2)19(22)13-18/h3-5,7-8,10-11,13,15,17H,6,9,12,14H2,1-2H3,(H,23,25)/t15-,17+/m1/s1. The fraction of sp³-hybridized carbons (Fsp3) is 0.381. The first kappa shape index (κ1) is 21.6. The topological polar surface area (TPSA) is 75.7 Å². The zero-order chi connectivity index (χ0) is 21.0. The van der Waals surface area contributed by atoms with Gasteiger partial charge in [-0.05, 0) is 43.5 Å². The van der Waals surface area contributed by atoms with Crippen molar-refractivity contribution in [3.63, 3.8) is 0 Å². The van der Waals surface area contributed by atoms with Crippen LogP contribution in [-0.4, -0.2) is 38.8 Å². The molecule has 1 fully saturated rings. The maximum Gasteiger partial charge on any atom is 0.243 e. The second kappa shape index (κ2) is 9.15. The molecule has 0 bridgehead atoms. The molecule has 0 radical (unpaired) electrons. The van der Waals surface area contributed by atoms with Crippen molar-refractivity contribution in [3.05, 3.63) is 59.1 Å². The predicted molar refractivity (Wildman–Crippen MR) is 112 cm³/mol. The molecule has 1 N–H and O–H groups in total. The highest BCUT2D eigenvalue weighted by Crippen LogP contribution is 2.30. The molecule has 1 aliphatic heterocycles. The van der Waals surface area contributed by atoms with Crippen molar-refractivity contribution in [1.29, 1.82) is 0 Å². The lowest BCUT2D eigenvalue weighted by molar-refractivity contribution is -0.126. The van der Waals surface area contributed by atoms with Crippen molar-refractivity contribution in [2.45, 2.75) is 30.7 Å². The minimum atomic E-state index is -3.74. The summed E-state index contributed by atoms with van der Waals surface area (Å²) in [4.78, 5) is 12.9. The van der Waals surface area contributed by atoms with Gasteiger partial charge in [0.2, 0.25) is 15.9 Å². The van der Waals surface area contributed by atoms with Gasteiger partial charge in [-0.1, -0.05) is 41.9 Å². The molecule has 0 spiro atoms. The van der Waals surface area contributed by atoms with Crippen molar-refractivity contribution in [1.82, 2.24) is 9.62 Å². The normalized spacial score (nSPS) is 18.8. The lowest BCUT2D eigenvalue weighted by atomic mass is 9.98. The molecule has 3 rings (SSSR count). The van der Waals surface area contributed by atoms with E-state index in [1.165, 1.54) is 29.6 Å². The number of hydrogen-bond donors (Lipinski definition) is 1. The first-order valence-electron chi connectivity index (χ1n) is 9.52. The molecule has 1 aliphatic rings. The Morgan fingerprint density at radius 3 is 2.62 bits per heavy atom. The number of nitrogens with zero attached hydrogens (tertiary/aromatic N) is 1. The van der Waals surface area contributed by atoms with Gasteiger partial charge in [0.05, 0.1) is 29.0 Å². The largest absolute Gasteiger partial charge is 0.495 e. The van der Waals surface area contributed by atoms with Gasteiger partial charge in [-0.15, -0.1) is 0 Å². The van der Waals surface area contributed by atoms with Crippen LogP contribution in [-0.2, 0) is 14.8 Å². The van der Waals surface area contributed by atoms with Gasteiger partial charge in [0.15, 0.2) is 0 Å². The van der Waals surface area contributed by atoms with E-state index in [2.05, 4.69) is 5.32 Å². The molecule has 2 aromatic rings. The van der Waals surface area contributed by atoms with E-state index in [1.807, 2.05) is 37.3 Å². The average molecular weight is 437 g/mol. The van der Waals surface area contributed by atoms with Crippen LogP contribution in [0.2, 0.25) is 5.02 Å². The van der Waals surface area contributed by atoms with Crippen molar-refractivity contribution in [2.75, 3.05) is 20.2 Å². The Balaban J connectivity index is 1.71. The van der Waals surface area contributed by atoms with E-state index in [-0.39, 0.29) is 28.4 Å². The summed E-state index contributed by atoms with van der Waals surface area (Å²) in [5.41, 5.74) is 1.01. The number of methoxy groups -OCH3 is 1. The second-order valence-electron chi connectivity index (χ2n) is 7.14. The molecule has 2 aromatic carbocycles. The van der Waals surface area contributed by atoms with Gasteiger partial charge in [0.1, 0.15) is 5.75 Å². The van der Waals surface area contributed by atoms with E-state index in [4.69, 9.17) is 16.3 Å². The van der Waals surface area contributed by atoms with E-state index in [1.54, 1.807) is 0 Å². The molecule has 0 saturated carbocycles. The number of hydrogen-bond acceptors (Lipinski definition) is 4. The Labute approximate surface area is 176 Å². The lowest BCUT2D eigenvalue weighted by Crippen LogP contribution is -2.45. The fourth-order valence-corrected chi connectivity index (χ4v) is 5.36. The summed E-state index contributed by atoms with van der Waals surface area (Å²) in [5, 5.41) is 3.24. The number of benzene rings is 2. The molecule has 6 nitrogen and oxygen atoms in total. The van der Waals surface area contributed by atoms with Crippen LogP contribution in [0.5, 0.6) is 5.75 Å². The van der Waals surface area contributed by atoms with E-state index in [0.29, 0.717) is 25.1 Å². The molecular formula is C21H25ClN2O4S. The molecule has 0 aromatic heterocycles. The number of sulfonamides is 1. The van der Waals surface area contributed by atoms with Crippen LogP contribution in [0.15, 0.2) is 53.4 Å². The number of nitrogens with one attached hydrogen (secondary N) is 1. The molecule has 1 heterocycles. The fourth-order valence-electron chi connectivity index (χ4n) is 3.49. The molecule has 0 unspecified atom stereocenters. The summed E-state index contributed by atoms with van der Waals surface area (Å²) in [6.07, 6.45) is 1.28. The monoisotopic (exact) mass is 436 g/mol. The summed E-state index contributed by atoms with van der Waals surface area (Å²) in [6, 6.07) is 13.9. The number of carbonyl (C=O) groups is 1. The van der Waals surface area contributed by atoms with Crippen LogP contribution < -0.4 is 10.1 Å². The van der Waals surface area contributed by atoms with E-state index in [0.717, 1.165) is 5.56 Å². The zero-order valence-corrected chi connectivity index (χ0v) is 18.0. The molecule has 2 atom stereocenters. The maximum atomic E-state index is 13.0. The highest BCUT2D eigenvalue weighted by molar-refractivity contribution is 7.89. The average Bonchev–Trinajstić information content (AvgIpc) is 2.74. The molecule has 1 saturated heterocycles. The first-order valence-corrected chi connectivity index (χ1v) is 11.3. The number of piperidine rings is 1. The smallest absolute Gasteiger partial charge is 0.243 e. The molecule has 29 heavy (non-hydrogen) atoms. The van der Waals surface area contributed by atoms with Crippen LogP contribution in [0.3, 0.4) is 0 Å². The van der Waals surface area contributed by atoms with Crippen LogP contribution in [0, 0.1) is 5.92 Å². The van der Waals surface area contributed by atoms with Gasteiger partial charge >= 0.3 is 0 Å². The van der Waals surface area contributed by atoms with Crippen molar-refractivity contribution >= 4 is 27.5 Å². The number of halogens is 1. The summed E-state index contributed by atoms with van der Waals surface area (Å²) < 4.78 is 32.5. The van der Waals surface area contributed by atoms with E-state index < -0.39 is 15.9 Å². The Morgan fingerprint density at radius 1 is 1.24 bits per heavy atom. The Hall–Kier alpha value is -2.09. The minimum absolute atomic E-state index is 0.0991. The SMILES string of the molecule is COc1ccc(S(=O)(=O)N2CCC[C@H](C(=O)N[C@H](C)c3ccccc3)C2)cc1Cl. The van der Waals surface area contributed by atoms with E-state index in [9.17, 15) is 13.2 Å². The predicted octanol–water partition coefficient (Wildman–Crippen LogP) is 3.63. The van der Waals surface area contributed by atoms with Gasteiger partial charge in [-0.25, -0.2) is 8.42 Å².